The predicted octanol–water partition coefficient (Wildman–Crippen LogP) is 3.41. The van der Waals surface area contributed by atoms with E-state index in [1.54, 1.807) is 0 Å². The number of rotatable bonds is 7. The highest BCUT2D eigenvalue weighted by molar-refractivity contribution is 8.00. The summed E-state index contributed by atoms with van der Waals surface area (Å²) in [6.45, 7) is 8.63. The van der Waals surface area contributed by atoms with E-state index in [9.17, 15) is 0 Å². The van der Waals surface area contributed by atoms with Crippen molar-refractivity contribution in [3.63, 3.8) is 0 Å². The van der Waals surface area contributed by atoms with E-state index in [2.05, 4.69) is 51.7 Å². The van der Waals surface area contributed by atoms with Crippen LogP contribution in [0.1, 0.15) is 37.5 Å². The zero-order valence-corrected chi connectivity index (χ0v) is 17.0. The molecule has 0 bridgehead atoms. The van der Waals surface area contributed by atoms with Crippen LogP contribution in [0, 0.1) is 5.92 Å². The van der Waals surface area contributed by atoms with Gasteiger partial charge in [-0.1, -0.05) is 6.07 Å². The lowest BCUT2D eigenvalue weighted by atomic mass is 9.97. The van der Waals surface area contributed by atoms with Crippen LogP contribution < -0.4 is 10.6 Å². The number of piperidine rings is 1. The van der Waals surface area contributed by atoms with Crippen molar-refractivity contribution in [2.75, 3.05) is 38.5 Å². The fourth-order valence-corrected chi connectivity index (χ4v) is 5.48. The van der Waals surface area contributed by atoms with Crippen LogP contribution in [0.5, 0.6) is 0 Å². The molecule has 0 aliphatic carbocycles. The number of nitrogens with zero attached hydrogens (tertiary/aromatic N) is 2. The van der Waals surface area contributed by atoms with Crippen LogP contribution in [0.4, 0.5) is 0 Å². The van der Waals surface area contributed by atoms with Crippen molar-refractivity contribution in [3.8, 4) is 0 Å². The number of likely N-dealkylation sites (tertiary alicyclic amines) is 1. The third-order valence-corrected chi connectivity index (χ3v) is 7.30. The molecule has 25 heavy (non-hydrogen) atoms. The highest BCUT2D eigenvalue weighted by atomic mass is 32.2. The number of thiophene rings is 1. The standard InChI is InChI=1S/C19H32N4S2/c1-2-20-19(22-14-17-5-3-11-24-17)21-13-16-7-9-23(10-8-16)15-18-6-4-12-25-18/h4,6,12,16-17H,2-3,5,7-11,13-15H2,1H3,(H2,20,21,22). The molecule has 2 N–H and O–H groups in total. The molecule has 1 aromatic rings. The zero-order valence-electron chi connectivity index (χ0n) is 15.4. The fourth-order valence-electron chi connectivity index (χ4n) is 3.53. The minimum Gasteiger partial charge on any atom is -0.357 e. The summed E-state index contributed by atoms with van der Waals surface area (Å²) >= 11 is 3.97. The van der Waals surface area contributed by atoms with Crippen LogP contribution in [0.2, 0.25) is 0 Å². The van der Waals surface area contributed by atoms with Crippen molar-refractivity contribution in [1.29, 1.82) is 0 Å². The first kappa shape index (κ1) is 19.1. The van der Waals surface area contributed by atoms with Gasteiger partial charge in [0.25, 0.3) is 0 Å². The third-order valence-electron chi connectivity index (χ3n) is 5.04. The number of aliphatic imine (C=N–C) groups is 1. The van der Waals surface area contributed by atoms with Crippen LogP contribution in [0.25, 0.3) is 0 Å². The maximum atomic E-state index is 4.87. The van der Waals surface area contributed by atoms with E-state index in [0.717, 1.165) is 43.3 Å². The van der Waals surface area contributed by atoms with Crippen molar-refractivity contribution in [2.24, 2.45) is 10.9 Å². The summed E-state index contributed by atoms with van der Waals surface area (Å²) in [5.41, 5.74) is 0. The molecule has 0 saturated carbocycles. The molecule has 2 saturated heterocycles. The number of guanidine groups is 1. The molecule has 6 heteroatoms. The lowest BCUT2D eigenvalue weighted by molar-refractivity contribution is 0.182. The van der Waals surface area contributed by atoms with Crippen molar-refractivity contribution < 1.29 is 0 Å². The molecular formula is C19H32N4S2. The highest BCUT2D eigenvalue weighted by Gasteiger charge is 2.20. The van der Waals surface area contributed by atoms with E-state index in [4.69, 9.17) is 4.99 Å². The van der Waals surface area contributed by atoms with E-state index in [1.807, 2.05) is 11.3 Å². The normalized spacial score (nSPS) is 23.1. The maximum absolute atomic E-state index is 4.87. The average Bonchev–Trinajstić information content (AvgIpc) is 3.32. The lowest BCUT2D eigenvalue weighted by Crippen LogP contribution is -2.41. The second-order valence-corrected chi connectivity index (χ2v) is 9.47. The fraction of sp³-hybridized carbons (Fsp3) is 0.737. The molecule has 0 spiro atoms. The molecule has 0 amide bonds. The molecule has 0 radical (unpaired) electrons. The third kappa shape index (κ3) is 6.50. The second kappa shape index (κ2) is 10.4. The zero-order chi connectivity index (χ0) is 17.3. The number of hydrogen-bond donors (Lipinski definition) is 2. The molecule has 1 aromatic heterocycles. The first-order valence-corrected chi connectivity index (χ1v) is 11.6. The molecule has 2 aliphatic rings. The Hall–Kier alpha value is -0.720. The SMILES string of the molecule is CCNC(=NCC1CCN(Cc2cccs2)CC1)NCC1CCCS1. The van der Waals surface area contributed by atoms with Gasteiger partial charge in [-0.15, -0.1) is 11.3 Å². The van der Waals surface area contributed by atoms with Gasteiger partial charge in [0.15, 0.2) is 5.96 Å². The summed E-state index contributed by atoms with van der Waals surface area (Å²) in [4.78, 5) is 8.94. The molecule has 1 unspecified atom stereocenters. The molecular weight excluding hydrogens is 348 g/mol. The van der Waals surface area contributed by atoms with Gasteiger partial charge in [0.2, 0.25) is 0 Å². The quantitative estimate of drug-likeness (QED) is 0.562. The van der Waals surface area contributed by atoms with Crippen molar-refractivity contribution in [3.05, 3.63) is 22.4 Å². The Morgan fingerprint density at radius 1 is 1.28 bits per heavy atom. The van der Waals surface area contributed by atoms with Crippen LogP contribution in [0.15, 0.2) is 22.5 Å². The largest absolute Gasteiger partial charge is 0.357 e. The molecule has 4 nitrogen and oxygen atoms in total. The smallest absolute Gasteiger partial charge is 0.191 e. The molecule has 3 heterocycles. The van der Waals surface area contributed by atoms with Gasteiger partial charge in [-0.3, -0.25) is 9.89 Å². The van der Waals surface area contributed by atoms with Gasteiger partial charge in [0.05, 0.1) is 0 Å². The summed E-state index contributed by atoms with van der Waals surface area (Å²) in [5, 5.41) is 9.90. The van der Waals surface area contributed by atoms with E-state index in [-0.39, 0.29) is 0 Å². The Labute approximate surface area is 160 Å². The summed E-state index contributed by atoms with van der Waals surface area (Å²) in [5.74, 6) is 3.07. The lowest BCUT2D eigenvalue weighted by Gasteiger charge is -2.31. The Morgan fingerprint density at radius 3 is 2.84 bits per heavy atom. The number of nitrogens with one attached hydrogen (secondary N) is 2. The molecule has 3 rings (SSSR count). The van der Waals surface area contributed by atoms with E-state index >= 15 is 0 Å². The Kier molecular flexibility index (Phi) is 7.95. The second-order valence-electron chi connectivity index (χ2n) is 7.03. The summed E-state index contributed by atoms with van der Waals surface area (Å²) in [7, 11) is 0. The van der Waals surface area contributed by atoms with Gasteiger partial charge in [0.1, 0.15) is 0 Å². The molecule has 140 valence electrons. The van der Waals surface area contributed by atoms with Crippen LogP contribution in [-0.4, -0.2) is 54.6 Å². The van der Waals surface area contributed by atoms with Gasteiger partial charge in [-0.05, 0) is 68.8 Å². The molecule has 2 aliphatic heterocycles. The summed E-state index contributed by atoms with van der Waals surface area (Å²) in [6, 6.07) is 4.40. The number of hydrogen-bond acceptors (Lipinski definition) is 4. The first-order chi connectivity index (χ1) is 12.3. The van der Waals surface area contributed by atoms with Gasteiger partial charge in [-0.25, -0.2) is 0 Å². The minimum absolute atomic E-state index is 0.732. The number of thioether (sulfide) groups is 1. The van der Waals surface area contributed by atoms with Crippen LogP contribution >= 0.6 is 23.1 Å². The van der Waals surface area contributed by atoms with E-state index < -0.39 is 0 Å². The molecule has 2 fully saturated rings. The summed E-state index contributed by atoms with van der Waals surface area (Å²) < 4.78 is 0. The van der Waals surface area contributed by atoms with Gasteiger partial charge in [0, 0.05) is 36.3 Å². The topological polar surface area (TPSA) is 39.7 Å². The van der Waals surface area contributed by atoms with Crippen molar-refractivity contribution in [2.45, 2.75) is 44.4 Å². The Balaban J connectivity index is 1.38. The van der Waals surface area contributed by atoms with E-state index in [0.29, 0.717) is 0 Å². The van der Waals surface area contributed by atoms with Crippen LogP contribution in [0.3, 0.4) is 0 Å². The van der Waals surface area contributed by atoms with Gasteiger partial charge < -0.3 is 10.6 Å². The highest BCUT2D eigenvalue weighted by Crippen LogP contribution is 2.25. The first-order valence-electron chi connectivity index (χ1n) is 9.72. The van der Waals surface area contributed by atoms with Gasteiger partial charge >= 0.3 is 0 Å². The summed E-state index contributed by atoms with van der Waals surface area (Å²) in [6.07, 6.45) is 5.26. The predicted molar refractivity (Wildman–Crippen MR) is 112 cm³/mol. The monoisotopic (exact) mass is 380 g/mol. The van der Waals surface area contributed by atoms with Crippen molar-refractivity contribution >= 4 is 29.1 Å². The molecule has 0 aromatic carbocycles. The van der Waals surface area contributed by atoms with Gasteiger partial charge in [-0.2, -0.15) is 11.8 Å². The van der Waals surface area contributed by atoms with E-state index in [1.165, 1.54) is 49.4 Å². The van der Waals surface area contributed by atoms with Crippen molar-refractivity contribution in [1.82, 2.24) is 15.5 Å². The van der Waals surface area contributed by atoms with Crippen LogP contribution in [-0.2, 0) is 6.54 Å². The molecule has 1 atom stereocenters. The maximum Gasteiger partial charge on any atom is 0.191 e. The Bertz CT molecular complexity index is 504. The Morgan fingerprint density at radius 2 is 2.16 bits per heavy atom. The average molecular weight is 381 g/mol. The minimum atomic E-state index is 0.732.